The highest BCUT2D eigenvalue weighted by Gasteiger charge is 2.50. The molecule has 0 aliphatic carbocycles. The normalized spacial score (nSPS) is 29.6. The number of hydrogen-bond acceptors (Lipinski definition) is 3. The zero-order valence-electron chi connectivity index (χ0n) is 11.6. The van der Waals surface area contributed by atoms with E-state index in [0.717, 1.165) is 5.56 Å². The first kappa shape index (κ1) is 14.9. The number of carbonyl (C=O) groups is 2. The predicted octanol–water partition coefficient (Wildman–Crippen LogP) is 2.08. The fourth-order valence-electron chi connectivity index (χ4n) is 2.69. The minimum atomic E-state index is -1.17. The van der Waals surface area contributed by atoms with Crippen LogP contribution in [0, 0.1) is 5.92 Å². The van der Waals surface area contributed by atoms with Gasteiger partial charge in [-0.05, 0) is 19.4 Å². The quantitative estimate of drug-likeness (QED) is 0.686. The van der Waals surface area contributed by atoms with Crippen molar-refractivity contribution in [1.82, 2.24) is 5.32 Å². The second-order valence-corrected chi connectivity index (χ2v) is 5.82. The lowest BCUT2D eigenvalue weighted by atomic mass is 9.74. The first-order chi connectivity index (χ1) is 9.48. The summed E-state index contributed by atoms with van der Waals surface area (Å²) in [4.78, 5) is 23.0. The highest BCUT2D eigenvalue weighted by Crippen LogP contribution is 2.42. The summed E-state index contributed by atoms with van der Waals surface area (Å²) in [7, 11) is 0. The molecule has 1 aliphatic rings. The average Bonchev–Trinajstić information content (AvgIpc) is 2.42. The van der Waals surface area contributed by atoms with Gasteiger partial charge in [-0.2, -0.15) is 0 Å². The molecule has 4 nitrogen and oxygen atoms in total. The van der Waals surface area contributed by atoms with E-state index in [0.29, 0.717) is 6.61 Å². The van der Waals surface area contributed by atoms with Crippen molar-refractivity contribution in [3.05, 3.63) is 35.9 Å². The molecule has 3 atom stereocenters. The maximum absolute atomic E-state index is 12.1. The van der Waals surface area contributed by atoms with Crippen LogP contribution in [0.4, 0.5) is 0 Å². The number of esters is 1. The second-order valence-electron chi connectivity index (χ2n) is 5.03. The maximum atomic E-state index is 12.1. The summed E-state index contributed by atoms with van der Waals surface area (Å²) < 4.78 is 5.11. The molecule has 3 unspecified atom stereocenters. The van der Waals surface area contributed by atoms with Crippen LogP contribution >= 0.6 is 11.6 Å². The molecule has 2 rings (SSSR count). The lowest BCUT2D eigenvalue weighted by Crippen LogP contribution is -2.56. The minimum absolute atomic E-state index is 0.250. The van der Waals surface area contributed by atoms with Gasteiger partial charge in [0.25, 0.3) is 0 Å². The Morgan fingerprint density at radius 1 is 1.45 bits per heavy atom. The first-order valence-electron chi connectivity index (χ1n) is 6.67. The zero-order valence-corrected chi connectivity index (χ0v) is 12.3. The Hall–Kier alpha value is -1.55. The van der Waals surface area contributed by atoms with Gasteiger partial charge in [0.05, 0.1) is 12.5 Å². The molecule has 20 heavy (non-hydrogen) atoms. The van der Waals surface area contributed by atoms with Crippen molar-refractivity contribution in [1.29, 1.82) is 0 Å². The van der Waals surface area contributed by atoms with Gasteiger partial charge in [0.15, 0.2) is 0 Å². The third-order valence-electron chi connectivity index (χ3n) is 3.66. The van der Waals surface area contributed by atoms with Crippen LogP contribution in [0.5, 0.6) is 0 Å². The van der Waals surface area contributed by atoms with Crippen molar-refractivity contribution in [3.63, 3.8) is 0 Å². The highest BCUT2D eigenvalue weighted by molar-refractivity contribution is 6.35. The molecule has 5 heteroatoms. The van der Waals surface area contributed by atoms with E-state index in [1.54, 1.807) is 13.8 Å². The van der Waals surface area contributed by atoms with Crippen LogP contribution < -0.4 is 5.32 Å². The molecule has 1 amide bonds. The van der Waals surface area contributed by atoms with Crippen LogP contribution in [0.2, 0.25) is 0 Å². The summed E-state index contributed by atoms with van der Waals surface area (Å²) in [5, 5.41) is 2.69. The molecule has 1 saturated heterocycles. The fourth-order valence-corrected chi connectivity index (χ4v) is 3.03. The van der Waals surface area contributed by atoms with Gasteiger partial charge >= 0.3 is 5.97 Å². The van der Waals surface area contributed by atoms with Gasteiger partial charge in [0.2, 0.25) is 5.91 Å². The van der Waals surface area contributed by atoms with Crippen LogP contribution in [0.3, 0.4) is 0 Å². The Bertz CT molecular complexity index is 501. The van der Waals surface area contributed by atoms with Crippen LogP contribution in [0.1, 0.15) is 25.3 Å². The van der Waals surface area contributed by atoms with Gasteiger partial charge in [0.1, 0.15) is 4.87 Å². The lowest BCUT2D eigenvalue weighted by Gasteiger charge is -2.40. The second kappa shape index (κ2) is 5.83. The van der Waals surface area contributed by atoms with Crippen molar-refractivity contribution in [2.24, 2.45) is 5.92 Å². The predicted molar refractivity (Wildman–Crippen MR) is 76.6 cm³/mol. The Labute approximate surface area is 123 Å². The Morgan fingerprint density at radius 2 is 2.10 bits per heavy atom. The van der Waals surface area contributed by atoms with Crippen LogP contribution in [0.15, 0.2) is 30.3 Å². The number of benzene rings is 1. The van der Waals surface area contributed by atoms with E-state index < -0.39 is 16.7 Å². The first-order valence-corrected chi connectivity index (χ1v) is 7.05. The summed E-state index contributed by atoms with van der Waals surface area (Å²) in [6, 6.07) is 9.40. The standard InChI is InChI=1S/C15H18ClNO3/c1-3-20-13(18)11-9-17-14(19)15(2,16)12(11)10-7-5-4-6-8-10/h4-8,11-12H,3,9H2,1-2H3,(H,17,19). The van der Waals surface area contributed by atoms with Gasteiger partial charge < -0.3 is 10.1 Å². The lowest BCUT2D eigenvalue weighted by molar-refractivity contribution is -0.150. The van der Waals surface area contributed by atoms with Crippen LogP contribution in [0.25, 0.3) is 0 Å². The number of ether oxygens (including phenoxy) is 1. The van der Waals surface area contributed by atoms with Crippen LogP contribution in [-0.4, -0.2) is 29.9 Å². The summed E-state index contributed by atoms with van der Waals surface area (Å²) in [5.41, 5.74) is 0.873. The van der Waals surface area contributed by atoms with Gasteiger partial charge in [-0.1, -0.05) is 30.3 Å². The molecule has 1 aliphatic heterocycles. The van der Waals surface area contributed by atoms with E-state index in [4.69, 9.17) is 16.3 Å². The molecule has 1 fully saturated rings. The monoisotopic (exact) mass is 295 g/mol. The highest BCUT2D eigenvalue weighted by atomic mass is 35.5. The molecule has 0 aromatic heterocycles. The molecule has 108 valence electrons. The largest absolute Gasteiger partial charge is 0.466 e. The molecule has 1 heterocycles. The summed E-state index contributed by atoms with van der Waals surface area (Å²) in [6.07, 6.45) is 0. The molecule has 1 N–H and O–H groups in total. The number of halogens is 1. The SMILES string of the molecule is CCOC(=O)C1CNC(=O)C(C)(Cl)C1c1ccccc1. The van der Waals surface area contributed by atoms with E-state index in [1.807, 2.05) is 30.3 Å². The molecule has 0 bridgehead atoms. The Morgan fingerprint density at radius 3 is 2.70 bits per heavy atom. The number of carbonyl (C=O) groups excluding carboxylic acids is 2. The number of rotatable bonds is 3. The summed E-state index contributed by atoms with van der Waals surface area (Å²) in [6.45, 7) is 3.97. The summed E-state index contributed by atoms with van der Waals surface area (Å²) >= 11 is 6.44. The van der Waals surface area contributed by atoms with Gasteiger partial charge in [-0.15, -0.1) is 11.6 Å². The Balaban J connectivity index is 2.41. The van der Waals surface area contributed by atoms with Gasteiger partial charge in [0, 0.05) is 12.5 Å². The van der Waals surface area contributed by atoms with Crippen molar-refractivity contribution in [2.45, 2.75) is 24.6 Å². The van der Waals surface area contributed by atoms with Crippen molar-refractivity contribution >= 4 is 23.5 Å². The number of hydrogen-bond donors (Lipinski definition) is 1. The van der Waals surface area contributed by atoms with E-state index in [1.165, 1.54) is 0 Å². The third-order valence-corrected chi connectivity index (χ3v) is 4.07. The summed E-state index contributed by atoms with van der Waals surface area (Å²) in [5.74, 6) is -1.46. The topological polar surface area (TPSA) is 55.4 Å². The van der Waals surface area contributed by atoms with Crippen molar-refractivity contribution in [2.75, 3.05) is 13.2 Å². The molecule has 1 aromatic carbocycles. The number of piperidine rings is 1. The van der Waals surface area contributed by atoms with Crippen molar-refractivity contribution in [3.8, 4) is 0 Å². The Kier molecular flexibility index (Phi) is 4.33. The molecule has 0 saturated carbocycles. The minimum Gasteiger partial charge on any atom is -0.466 e. The third kappa shape index (κ3) is 2.66. The number of amides is 1. The van der Waals surface area contributed by atoms with E-state index >= 15 is 0 Å². The fraction of sp³-hybridized carbons (Fsp3) is 0.467. The smallest absolute Gasteiger partial charge is 0.311 e. The van der Waals surface area contributed by atoms with Gasteiger partial charge in [-0.25, -0.2) is 0 Å². The molecule has 1 aromatic rings. The molecule has 0 radical (unpaired) electrons. The molecular weight excluding hydrogens is 278 g/mol. The van der Waals surface area contributed by atoms with Gasteiger partial charge in [-0.3, -0.25) is 9.59 Å². The molecule has 0 spiro atoms. The molecular formula is C15H18ClNO3. The van der Waals surface area contributed by atoms with Crippen LogP contribution in [-0.2, 0) is 14.3 Å². The van der Waals surface area contributed by atoms with E-state index in [-0.39, 0.29) is 18.4 Å². The zero-order chi connectivity index (χ0) is 14.8. The van der Waals surface area contributed by atoms with E-state index in [2.05, 4.69) is 5.32 Å². The number of alkyl halides is 1. The van der Waals surface area contributed by atoms with E-state index in [9.17, 15) is 9.59 Å². The average molecular weight is 296 g/mol. The van der Waals surface area contributed by atoms with Crippen molar-refractivity contribution < 1.29 is 14.3 Å². The number of nitrogens with one attached hydrogen (secondary N) is 1. The maximum Gasteiger partial charge on any atom is 0.311 e.